The van der Waals surface area contributed by atoms with E-state index in [2.05, 4.69) is 5.32 Å². The average molecular weight is 350 g/mol. The number of carbonyl (C=O) groups excluding carboxylic acids is 2. The number of amides is 1. The fourth-order valence-electron chi connectivity index (χ4n) is 2.26. The van der Waals surface area contributed by atoms with E-state index < -0.39 is 5.97 Å². The van der Waals surface area contributed by atoms with E-state index in [1.165, 1.54) is 11.3 Å². The van der Waals surface area contributed by atoms with Crippen LogP contribution >= 0.6 is 22.9 Å². The third kappa shape index (κ3) is 3.57. The number of nitrogens with one attached hydrogen (secondary N) is 1. The molecular weight excluding hydrogens is 334 g/mol. The lowest BCUT2D eigenvalue weighted by Crippen LogP contribution is -2.15. The van der Waals surface area contributed by atoms with E-state index in [9.17, 15) is 9.59 Å². The zero-order chi connectivity index (χ0) is 16.4. The molecule has 6 heteroatoms. The van der Waals surface area contributed by atoms with Gasteiger partial charge in [-0.25, -0.2) is 4.79 Å². The fourth-order valence-corrected chi connectivity index (χ4v) is 3.34. The van der Waals surface area contributed by atoms with Crippen molar-refractivity contribution in [1.29, 1.82) is 0 Å². The largest absolute Gasteiger partial charge is 0.462 e. The summed E-state index contributed by atoms with van der Waals surface area (Å²) in [7, 11) is 0. The number of hydrogen-bond acceptors (Lipinski definition) is 4. The van der Waals surface area contributed by atoms with Crippen LogP contribution in [-0.2, 0) is 9.53 Å². The van der Waals surface area contributed by atoms with Crippen molar-refractivity contribution in [2.24, 2.45) is 5.92 Å². The van der Waals surface area contributed by atoms with Crippen LogP contribution in [0.3, 0.4) is 0 Å². The second kappa shape index (κ2) is 6.72. The molecule has 4 nitrogen and oxygen atoms in total. The van der Waals surface area contributed by atoms with Crippen LogP contribution in [-0.4, -0.2) is 18.5 Å². The normalized spacial score (nSPS) is 13.7. The van der Waals surface area contributed by atoms with E-state index >= 15 is 0 Å². The standard InChI is InChI=1S/C17H16ClNO3S/c1-2-22-17(21)14-13(10-5-7-12(18)8-6-10)9-23-16(14)19-15(20)11-3-4-11/h5-9,11H,2-4H2,1H3,(H,19,20). The van der Waals surface area contributed by atoms with Crippen LogP contribution in [0.1, 0.15) is 30.1 Å². The molecule has 0 spiro atoms. The number of halogens is 1. The minimum absolute atomic E-state index is 0.0277. The number of esters is 1. The van der Waals surface area contributed by atoms with Gasteiger partial charge in [-0.3, -0.25) is 4.79 Å². The highest BCUT2D eigenvalue weighted by Crippen LogP contribution is 2.38. The molecule has 2 aromatic rings. The minimum atomic E-state index is -0.426. The highest BCUT2D eigenvalue weighted by Gasteiger charge is 2.31. The van der Waals surface area contributed by atoms with Gasteiger partial charge in [0.05, 0.1) is 6.61 Å². The van der Waals surface area contributed by atoms with Crippen molar-refractivity contribution >= 4 is 39.8 Å². The molecule has 120 valence electrons. The quantitative estimate of drug-likeness (QED) is 0.803. The molecule has 1 fully saturated rings. The lowest BCUT2D eigenvalue weighted by atomic mass is 10.0. The minimum Gasteiger partial charge on any atom is -0.462 e. The zero-order valence-electron chi connectivity index (χ0n) is 12.6. The van der Waals surface area contributed by atoms with Crippen molar-refractivity contribution in [3.63, 3.8) is 0 Å². The number of thiophene rings is 1. The molecule has 1 aromatic heterocycles. The number of anilines is 1. The number of ether oxygens (including phenoxy) is 1. The molecule has 23 heavy (non-hydrogen) atoms. The Morgan fingerprint density at radius 3 is 2.61 bits per heavy atom. The van der Waals surface area contributed by atoms with E-state index in [1.54, 1.807) is 19.1 Å². The summed E-state index contributed by atoms with van der Waals surface area (Å²) in [5.74, 6) is -0.379. The predicted molar refractivity (Wildman–Crippen MR) is 92.1 cm³/mol. The van der Waals surface area contributed by atoms with Crippen molar-refractivity contribution in [1.82, 2.24) is 0 Å². The molecular formula is C17H16ClNO3S. The Labute approximate surface area is 143 Å². The maximum absolute atomic E-state index is 12.4. The van der Waals surface area contributed by atoms with Gasteiger partial charge in [-0.1, -0.05) is 23.7 Å². The molecule has 0 atom stereocenters. The van der Waals surface area contributed by atoms with E-state index in [0.29, 0.717) is 15.6 Å². The molecule has 0 unspecified atom stereocenters. The van der Waals surface area contributed by atoms with Crippen LogP contribution in [0.4, 0.5) is 5.00 Å². The van der Waals surface area contributed by atoms with Gasteiger partial charge < -0.3 is 10.1 Å². The van der Waals surface area contributed by atoms with Crippen LogP contribution in [0.25, 0.3) is 11.1 Å². The molecule has 0 bridgehead atoms. The van der Waals surface area contributed by atoms with Gasteiger partial charge in [0.2, 0.25) is 5.91 Å². The third-order valence-corrected chi connectivity index (χ3v) is 4.76. The monoisotopic (exact) mass is 349 g/mol. The summed E-state index contributed by atoms with van der Waals surface area (Å²) < 4.78 is 5.16. The Kier molecular flexibility index (Phi) is 4.68. The molecule has 3 rings (SSSR count). The maximum Gasteiger partial charge on any atom is 0.341 e. The van der Waals surface area contributed by atoms with E-state index in [1.807, 2.05) is 17.5 Å². The Morgan fingerprint density at radius 1 is 1.30 bits per heavy atom. The SMILES string of the molecule is CCOC(=O)c1c(-c2ccc(Cl)cc2)csc1NC(=O)C1CC1. The van der Waals surface area contributed by atoms with Crippen LogP contribution in [0.5, 0.6) is 0 Å². The lowest BCUT2D eigenvalue weighted by molar-refractivity contribution is -0.117. The Morgan fingerprint density at radius 2 is 2.00 bits per heavy atom. The van der Waals surface area contributed by atoms with Crippen molar-refractivity contribution in [2.75, 3.05) is 11.9 Å². The summed E-state index contributed by atoms with van der Waals surface area (Å²) in [6, 6.07) is 7.23. The summed E-state index contributed by atoms with van der Waals surface area (Å²) in [5.41, 5.74) is 2.02. The van der Waals surface area contributed by atoms with Crippen LogP contribution in [0.15, 0.2) is 29.6 Å². The Hall–Kier alpha value is -1.85. The van der Waals surface area contributed by atoms with Gasteiger partial charge in [0.1, 0.15) is 10.6 Å². The smallest absolute Gasteiger partial charge is 0.341 e. The first-order chi connectivity index (χ1) is 11.1. The van der Waals surface area contributed by atoms with Crippen molar-refractivity contribution < 1.29 is 14.3 Å². The lowest BCUT2D eigenvalue weighted by Gasteiger charge is -2.08. The molecule has 1 saturated carbocycles. The summed E-state index contributed by atoms with van der Waals surface area (Å²) in [4.78, 5) is 24.4. The summed E-state index contributed by atoms with van der Waals surface area (Å²) in [6.07, 6.45) is 1.83. The molecule has 0 radical (unpaired) electrons. The molecule has 1 aliphatic carbocycles. The fraction of sp³-hybridized carbons (Fsp3) is 0.294. The topological polar surface area (TPSA) is 55.4 Å². The summed E-state index contributed by atoms with van der Waals surface area (Å²) >= 11 is 7.26. The summed E-state index contributed by atoms with van der Waals surface area (Å²) in [5, 5.41) is 5.90. The van der Waals surface area contributed by atoms with E-state index in [0.717, 1.165) is 24.0 Å². The first-order valence-corrected chi connectivity index (χ1v) is 8.71. The second-order valence-electron chi connectivity index (χ2n) is 5.34. The van der Waals surface area contributed by atoms with E-state index in [4.69, 9.17) is 16.3 Å². The zero-order valence-corrected chi connectivity index (χ0v) is 14.2. The van der Waals surface area contributed by atoms with Gasteiger partial charge in [-0.15, -0.1) is 11.3 Å². The summed E-state index contributed by atoms with van der Waals surface area (Å²) in [6.45, 7) is 2.04. The number of hydrogen-bond donors (Lipinski definition) is 1. The van der Waals surface area contributed by atoms with Gasteiger partial charge in [0.25, 0.3) is 0 Å². The maximum atomic E-state index is 12.4. The second-order valence-corrected chi connectivity index (χ2v) is 6.66. The Balaban J connectivity index is 1.97. The number of carbonyl (C=O) groups is 2. The van der Waals surface area contributed by atoms with Crippen molar-refractivity contribution in [2.45, 2.75) is 19.8 Å². The van der Waals surface area contributed by atoms with Gasteiger partial charge in [0, 0.05) is 21.9 Å². The van der Waals surface area contributed by atoms with Gasteiger partial charge in [-0.05, 0) is 37.5 Å². The first kappa shape index (κ1) is 16.0. The van der Waals surface area contributed by atoms with Crippen molar-refractivity contribution in [3.05, 3.63) is 40.2 Å². The third-order valence-electron chi connectivity index (χ3n) is 3.61. The van der Waals surface area contributed by atoms with Crippen LogP contribution in [0.2, 0.25) is 5.02 Å². The molecule has 1 N–H and O–H groups in total. The average Bonchev–Trinajstić information content (AvgIpc) is 3.30. The Bertz CT molecular complexity index is 735. The first-order valence-electron chi connectivity index (χ1n) is 7.45. The molecule has 1 aromatic carbocycles. The number of rotatable bonds is 5. The van der Waals surface area contributed by atoms with Crippen LogP contribution < -0.4 is 5.32 Å². The van der Waals surface area contributed by atoms with Crippen LogP contribution in [0, 0.1) is 5.92 Å². The van der Waals surface area contributed by atoms with Gasteiger partial charge in [-0.2, -0.15) is 0 Å². The molecule has 1 amide bonds. The van der Waals surface area contributed by atoms with Crippen molar-refractivity contribution in [3.8, 4) is 11.1 Å². The molecule has 1 aliphatic rings. The molecule has 1 heterocycles. The van der Waals surface area contributed by atoms with Gasteiger partial charge >= 0.3 is 5.97 Å². The number of benzene rings is 1. The molecule has 0 aliphatic heterocycles. The predicted octanol–water partition coefficient (Wildman–Crippen LogP) is 4.59. The highest BCUT2D eigenvalue weighted by atomic mass is 35.5. The molecule has 0 saturated heterocycles. The van der Waals surface area contributed by atoms with Gasteiger partial charge in [0.15, 0.2) is 0 Å². The van der Waals surface area contributed by atoms with E-state index in [-0.39, 0.29) is 18.4 Å². The highest BCUT2D eigenvalue weighted by molar-refractivity contribution is 7.15.